The fraction of sp³-hybridized carbons (Fsp3) is 0.500. The maximum atomic E-state index is 12.5. The Morgan fingerprint density at radius 1 is 1.50 bits per heavy atom. The van der Waals surface area contributed by atoms with Crippen molar-refractivity contribution in [3.05, 3.63) is 29.6 Å². The molecule has 1 aromatic rings. The SMILES string of the molecule is COC[C@@H]1CN(C(=O)c2cccnc2C)C[C@H]1C(N)=O. The van der Waals surface area contributed by atoms with Gasteiger partial charge in [-0.1, -0.05) is 0 Å². The molecule has 1 saturated heterocycles. The quantitative estimate of drug-likeness (QED) is 0.852. The second-order valence-corrected chi connectivity index (χ2v) is 5.07. The summed E-state index contributed by atoms with van der Waals surface area (Å²) in [5.41, 5.74) is 6.65. The molecule has 1 aromatic heterocycles. The summed E-state index contributed by atoms with van der Waals surface area (Å²) in [6.45, 7) is 3.04. The Morgan fingerprint density at radius 3 is 2.85 bits per heavy atom. The van der Waals surface area contributed by atoms with Crippen molar-refractivity contribution in [2.75, 3.05) is 26.8 Å². The number of hydrogen-bond donors (Lipinski definition) is 1. The Labute approximate surface area is 117 Å². The lowest BCUT2D eigenvalue weighted by atomic mass is 9.96. The van der Waals surface area contributed by atoms with Crippen LogP contribution in [0.5, 0.6) is 0 Å². The smallest absolute Gasteiger partial charge is 0.255 e. The van der Waals surface area contributed by atoms with E-state index >= 15 is 0 Å². The van der Waals surface area contributed by atoms with Crippen LogP contribution in [0.2, 0.25) is 0 Å². The predicted octanol–water partition coefficient (Wildman–Crippen LogP) is 0.210. The zero-order valence-electron chi connectivity index (χ0n) is 11.7. The average Bonchev–Trinajstić information content (AvgIpc) is 2.83. The number of carbonyl (C=O) groups is 2. The molecule has 2 atom stereocenters. The van der Waals surface area contributed by atoms with Gasteiger partial charge in [-0.25, -0.2) is 0 Å². The predicted molar refractivity (Wildman–Crippen MR) is 72.9 cm³/mol. The van der Waals surface area contributed by atoms with Gasteiger partial charge in [-0.15, -0.1) is 0 Å². The van der Waals surface area contributed by atoms with Crippen molar-refractivity contribution >= 4 is 11.8 Å². The summed E-state index contributed by atoms with van der Waals surface area (Å²) >= 11 is 0. The van der Waals surface area contributed by atoms with E-state index in [0.717, 1.165) is 0 Å². The maximum absolute atomic E-state index is 12.5. The number of primary amides is 1. The molecule has 0 unspecified atom stereocenters. The second kappa shape index (κ2) is 6.00. The molecule has 0 bridgehead atoms. The van der Waals surface area contributed by atoms with Crippen LogP contribution >= 0.6 is 0 Å². The highest BCUT2D eigenvalue weighted by atomic mass is 16.5. The number of carbonyl (C=O) groups excluding carboxylic acids is 2. The molecule has 0 saturated carbocycles. The van der Waals surface area contributed by atoms with Crippen molar-refractivity contribution in [2.24, 2.45) is 17.6 Å². The molecule has 108 valence electrons. The Bertz CT molecular complexity index is 518. The standard InChI is InChI=1S/C14H19N3O3/c1-9-11(4-3-5-16-9)14(19)17-6-10(8-20-2)12(7-17)13(15)18/h3-5,10,12H,6-8H2,1-2H3,(H2,15,18)/t10-,12+/m0/s1. The summed E-state index contributed by atoms with van der Waals surface area (Å²) < 4.78 is 5.11. The minimum atomic E-state index is -0.384. The highest BCUT2D eigenvalue weighted by Crippen LogP contribution is 2.25. The molecule has 1 aliphatic heterocycles. The molecule has 0 radical (unpaired) electrons. The van der Waals surface area contributed by atoms with Crippen molar-refractivity contribution in [2.45, 2.75) is 6.92 Å². The van der Waals surface area contributed by atoms with E-state index in [4.69, 9.17) is 10.5 Å². The monoisotopic (exact) mass is 277 g/mol. The molecule has 0 spiro atoms. The van der Waals surface area contributed by atoms with E-state index in [2.05, 4.69) is 4.98 Å². The number of hydrogen-bond acceptors (Lipinski definition) is 4. The fourth-order valence-corrected chi connectivity index (χ4v) is 2.62. The van der Waals surface area contributed by atoms with Gasteiger partial charge in [0, 0.05) is 38.0 Å². The fourth-order valence-electron chi connectivity index (χ4n) is 2.62. The van der Waals surface area contributed by atoms with Crippen molar-refractivity contribution < 1.29 is 14.3 Å². The number of aromatic nitrogens is 1. The molecule has 2 rings (SSSR count). The number of likely N-dealkylation sites (tertiary alicyclic amines) is 1. The van der Waals surface area contributed by atoms with E-state index in [1.807, 2.05) is 0 Å². The highest BCUT2D eigenvalue weighted by Gasteiger charge is 2.38. The van der Waals surface area contributed by atoms with E-state index < -0.39 is 0 Å². The van der Waals surface area contributed by atoms with Crippen molar-refractivity contribution in [3.8, 4) is 0 Å². The van der Waals surface area contributed by atoms with Crippen LogP contribution in [0.4, 0.5) is 0 Å². The molecule has 6 nitrogen and oxygen atoms in total. The zero-order chi connectivity index (χ0) is 14.7. The Morgan fingerprint density at radius 2 is 2.25 bits per heavy atom. The second-order valence-electron chi connectivity index (χ2n) is 5.07. The van der Waals surface area contributed by atoms with E-state index in [1.165, 1.54) is 0 Å². The van der Waals surface area contributed by atoms with Gasteiger partial charge in [0.25, 0.3) is 5.91 Å². The van der Waals surface area contributed by atoms with Crippen LogP contribution < -0.4 is 5.73 Å². The molecule has 0 aromatic carbocycles. The molecular formula is C14H19N3O3. The van der Waals surface area contributed by atoms with E-state index in [1.54, 1.807) is 37.3 Å². The molecule has 2 amide bonds. The Hall–Kier alpha value is -1.95. The maximum Gasteiger partial charge on any atom is 0.255 e. The summed E-state index contributed by atoms with van der Waals surface area (Å²) in [5, 5.41) is 0. The van der Waals surface area contributed by atoms with Gasteiger partial charge >= 0.3 is 0 Å². The van der Waals surface area contributed by atoms with Gasteiger partial charge in [-0.2, -0.15) is 0 Å². The first-order valence-corrected chi connectivity index (χ1v) is 6.53. The number of nitrogens with zero attached hydrogens (tertiary/aromatic N) is 2. The summed E-state index contributed by atoms with van der Waals surface area (Å²) in [4.78, 5) is 29.7. The zero-order valence-corrected chi connectivity index (χ0v) is 11.7. The van der Waals surface area contributed by atoms with Gasteiger partial charge in [0.15, 0.2) is 0 Å². The van der Waals surface area contributed by atoms with Crippen LogP contribution in [-0.4, -0.2) is 48.5 Å². The van der Waals surface area contributed by atoms with E-state index in [9.17, 15) is 9.59 Å². The molecule has 2 heterocycles. The molecule has 1 aliphatic rings. The molecular weight excluding hydrogens is 258 g/mol. The van der Waals surface area contributed by atoms with Gasteiger partial charge in [0.05, 0.1) is 18.1 Å². The highest BCUT2D eigenvalue weighted by molar-refractivity contribution is 5.96. The number of nitrogens with two attached hydrogens (primary N) is 1. The van der Waals surface area contributed by atoms with Crippen LogP contribution in [0, 0.1) is 18.8 Å². The summed E-state index contributed by atoms with van der Waals surface area (Å²) in [6, 6.07) is 3.47. The summed E-state index contributed by atoms with van der Waals surface area (Å²) in [6.07, 6.45) is 1.65. The summed E-state index contributed by atoms with van der Waals surface area (Å²) in [5.74, 6) is -0.889. The summed E-state index contributed by atoms with van der Waals surface area (Å²) in [7, 11) is 1.58. The van der Waals surface area contributed by atoms with Crippen LogP contribution in [0.25, 0.3) is 0 Å². The third kappa shape index (κ3) is 2.80. The van der Waals surface area contributed by atoms with Crippen molar-refractivity contribution in [1.29, 1.82) is 0 Å². The Kier molecular flexibility index (Phi) is 4.34. The number of methoxy groups -OCH3 is 1. The van der Waals surface area contributed by atoms with E-state index in [-0.39, 0.29) is 23.7 Å². The van der Waals surface area contributed by atoms with Crippen LogP contribution in [-0.2, 0) is 9.53 Å². The van der Waals surface area contributed by atoms with Gasteiger partial charge < -0.3 is 15.4 Å². The molecule has 20 heavy (non-hydrogen) atoms. The lowest BCUT2D eigenvalue weighted by molar-refractivity contribution is -0.122. The van der Waals surface area contributed by atoms with Crippen LogP contribution in [0.1, 0.15) is 16.1 Å². The number of pyridine rings is 1. The van der Waals surface area contributed by atoms with Crippen LogP contribution in [0.15, 0.2) is 18.3 Å². The van der Waals surface area contributed by atoms with Crippen molar-refractivity contribution in [1.82, 2.24) is 9.88 Å². The third-order valence-electron chi connectivity index (χ3n) is 3.71. The normalized spacial score (nSPS) is 22.0. The molecule has 6 heteroatoms. The minimum absolute atomic E-state index is 0.0431. The number of ether oxygens (including phenoxy) is 1. The molecule has 2 N–H and O–H groups in total. The first-order valence-electron chi connectivity index (χ1n) is 6.53. The third-order valence-corrected chi connectivity index (χ3v) is 3.71. The van der Waals surface area contributed by atoms with Crippen molar-refractivity contribution in [3.63, 3.8) is 0 Å². The van der Waals surface area contributed by atoms with Gasteiger partial charge in [0.1, 0.15) is 0 Å². The molecule has 0 aliphatic carbocycles. The first kappa shape index (κ1) is 14.5. The number of amides is 2. The topological polar surface area (TPSA) is 85.5 Å². The van der Waals surface area contributed by atoms with Crippen LogP contribution in [0.3, 0.4) is 0 Å². The average molecular weight is 277 g/mol. The minimum Gasteiger partial charge on any atom is -0.384 e. The Balaban J connectivity index is 2.16. The van der Waals surface area contributed by atoms with Gasteiger partial charge in [-0.05, 0) is 19.1 Å². The van der Waals surface area contributed by atoms with E-state index in [0.29, 0.717) is 31.0 Å². The number of rotatable bonds is 4. The first-order chi connectivity index (χ1) is 9.54. The largest absolute Gasteiger partial charge is 0.384 e. The van der Waals surface area contributed by atoms with Gasteiger partial charge in [0.2, 0.25) is 5.91 Å². The number of aryl methyl sites for hydroxylation is 1. The molecule has 1 fully saturated rings. The van der Waals surface area contributed by atoms with Gasteiger partial charge in [-0.3, -0.25) is 14.6 Å². The lowest BCUT2D eigenvalue weighted by Gasteiger charge is -2.17. The lowest BCUT2D eigenvalue weighted by Crippen LogP contribution is -2.32.